The number of aryl methyl sites for hydroxylation is 3. The van der Waals surface area contributed by atoms with Crippen LogP contribution in [0, 0.1) is 20.8 Å². The van der Waals surface area contributed by atoms with Gasteiger partial charge in [-0.05, 0) is 44.0 Å². The van der Waals surface area contributed by atoms with E-state index in [1.807, 2.05) is 26.0 Å². The lowest BCUT2D eigenvalue weighted by atomic mass is 10.0. The summed E-state index contributed by atoms with van der Waals surface area (Å²) in [7, 11) is 3.06. The van der Waals surface area contributed by atoms with Crippen LogP contribution in [-0.2, 0) is 4.79 Å². The van der Waals surface area contributed by atoms with E-state index in [1.165, 1.54) is 14.2 Å². The van der Waals surface area contributed by atoms with Crippen molar-refractivity contribution in [1.29, 1.82) is 0 Å². The van der Waals surface area contributed by atoms with Crippen molar-refractivity contribution in [2.75, 3.05) is 20.8 Å². The van der Waals surface area contributed by atoms with E-state index in [0.29, 0.717) is 39.5 Å². The number of nitrogens with two attached hydrogens (primary N) is 1. The van der Waals surface area contributed by atoms with E-state index in [4.69, 9.17) is 19.9 Å². The first-order valence-electron chi connectivity index (χ1n) is 8.95. The number of primary amides is 1. The minimum absolute atomic E-state index is 0.201. The molecule has 29 heavy (non-hydrogen) atoms. The highest BCUT2D eigenvalue weighted by Gasteiger charge is 2.17. The molecule has 3 N–H and O–H groups in total. The molecule has 0 atom stereocenters. The summed E-state index contributed by atoms with van der Waals surface area (Å²) in [4.78, 5) is 31.3. The number of hydrogen-bond acceptors (Lipinski definition) is 6. The Balaban J connectivity index is 2.16. The Hall–Kier alpha value is -3.55. The Kier molecular flexibility index (Phi) is 5.45. The SMILES string of the molecule is COc1cc2nc(-c3cc(C)c(OCC(N)=O)c(C)c3)[nH]c(=O)c2c(C)c1OC. The van der Waals surface area contributed by atoms with Crippen molar-refractivity contribution in [2.45, 2.75) is 20.8 Å². The van der Waals surface area contributed by atoms with E-state index in [2.05, 4.69) is 9.97 Å². The zero-order valence-corrected chi connectivity index (χ0v) is 17.0. The van der Waals surface area contributed by atoms with E-state index in [-0.39, 0.29) is 12.2 Å². The maximum atomic E-state index is 12.8. The topological polar surface area (TPSA) is 117 Å². The summed E-state index contributed by atoms with van der Waals surface area (Å²) in [5.74, 6) is 1.46. The van der Waals surface area contributed by atoms with Crippen LogP contribution in [0.3, 0.4) is 0 Å². The highest BCUT2D eigenvalue weighted by Crippen LogP contribution is 2.35. The monoisotopic (exact) mass is 397 g/mol. The van der Waals surface area contributed by atoms with E-state index >= 15 is 0 Å². The molecule has 0 aliphatic heterocycles. The molecule has 0 radical (unpaired) electrons. The Labute approximate surface area is 167 Å². The van der Waals surface area contributed by atoms with Gasteiger partial charge in [0.2, 0.25) is 0 Å². The predicted molar refractivity (Wildman–Crippen MR) is 110 cm³/mol. The first-order chi connectivity index (χ1) is 13.8. The van der Waals surface area contributed by atoms with Crippen LogP contribution in [0.25, 0.3) is 22.3 Å². The van der Waals surface area contributed by atoms with Gasteiger partial charge in [-0.3, -0.25) is 9.59 Å². The third-order valence-corrected chi connectivity index (χ3v) is 4.67. The third-order valence-electron chi connectivity index (χ3n) is 4.67. The molecule has 152 valence electrons. The molecule has 0 saturated carbocycles. The molecule has 8 heteroatoms. The van der Waals surface area contributed by atoms with Crippen molar-refractivity contribution in [3.63, 3.8) is 0 Å². The Morgan fingerprint density at radius 2 is 1.72 bits per heavy atom. The van der Waals surface area contributed by atoms with Gasteiger partial charge in [0.1, 0.15) is 11.6 Å². The molecule has 0 bridgehead atoms. The van der Waals surface area contributed by atoms with Crippen molar-refractivity contribution >= 4 is 16.8 Å². The van der Waals surface area contributed by atoms with Gasteiger partial charge in [0.25, 0.3) is 11.5 Å². The first kappa shape index (κ1) is 20.2. The summed E-state index contributed by atoms with van der Waals surface area (Å²) < 4.78 is 16.2. The molecule has 1 heterocycles. The van der Waals surface area contributed by atoms with Crippen molar-refractivity contribution in [3.05, 3.63) is 45.2 Å². The molecule has 0 unspecified atom stereocenters. The van der Waals surface area contributed by atoms with Gasteiger partial charge in [0, 0.05) is 17.2 Å². The van der Waals surface area contributed by atoms with E-state index in [9.17, 15) is 9.59 Å². The van der Waals surface area contributed by atoms with Gasteiger partial charge in [-0.15, -0.1) is 0 Å². The summed E-state index contributed by atoms with van der Waals surface area (Å²) in [5.41, 5.74) is 8.36. The number of rotatable bonds is 6. The number of aromatic nitrogens is 2. The molecule has 8 nitrogen and oxygen atoms in total. The minimum Gasteiger partial charge on any atom is -0.493 e. The van der Waals surface area contributed by atoms with Crippen LogP contribution in [0.1, 0.15) is 16.7 Å². The van der Waals surface area contributed by atoms with Crippen LogP contribution >= 0.6 is 0 Å². The van der Waals surface area contributed by atoms with Gasteiger partial charge >= 0.3 is 0 Å². The Morgan fingerprint density at radius 1 is 1.07 bits per heavy atom. The number of nitrogens with zero attached hydrogens (tertiary/aromatic N) is 1. The highest BCUT2D eigenvalue weighted by molar-refractivity contribution is 5.87. The second kappa shape index (κ2) is 7.83. The third kappa shape index (κ3) is 3.73. The maximum Gasteiger partial charge on any atom is 0.259 e. The smallest absolute Gasteiger partial charge is 0.259 e. The second-order valence-corrected chi connectivity index (χ2v) is 6.74. The predicted octanol–water partition coefficient (Wildman–Crippen LogP) is 2.40. The largest absolute Gasteiger partial charge is 0.493 e. The molecular formula is C21H23N3O5. The minimum atomic E-state index is -0.548. The summed E-state index contributed by atoms with van der Waals surface area (Å²) in [6.45, 7) is 5.29. The summed E-state index contributed by atoms with van der Waals surface area (Å²) in [5, 5.41) is 0.446. The molecular weight excluding hydrogens is 374 g/mol. The lowest BCUT2D eigenvalue weighted by Crippen LogP contribution is -2.20. The van der Waals surface area contributed by atoms with Crippen LogP contribution in [0.5, 0.6) is 17.2 Å². The number of ether oxygens (including phenoxy) is 3. The number of amides is 1. The molecule has 0 aliphatic carbocycles. The van der Waals surface area contributed by atoms with Crippen LogP contribution in [0.2, 0.25) is 0 Å². The molecule has 0 saturated heterocycles. The van der Waals surface area contributed by atoms with E-state index in [1.54, 1.807) is 13.0 Å². The van der Waals surface area contributed by atoms with Gasteiger partial charge in [-0.2, -0.15) is 0 Å². The number of benzene rings is 2. The highest BCUT2D eigenvalue weighted by atomic mass is 16.5. The average molecular weight is 397 g/mol. The van der Waals surface area contributed by atoms with E-state index < -0.39 is 5.91 Å². The molecule has 0 spiro atoms. The number of fused-ring (bicyclic) bond motifs is 1. The van der Waals surface area contributed by atoms with Gasteiger partial charge in [-0.25, -0.2) is 4.98 Å². The van der Waals surface area contributed by atoms with Gasteiger partial charge in [0.15, 0.2) is 18.1 Å². The zero-order valence-electron chi connectivity index (χ0n) is 17.0. The summed E-state index contributed by atoms with van der Waals surface area (Å²) in [6.07, 6.45) is 0. The van der Waals surface area contributed by atoms with Crippen LogP contribution in [0.4, 0.5) is 0 Å². The Bertz CT molecular complexity index is 1140. The van der Waals surface area contributed by atoms with Crippen LogP contribution in [-0.4, -0.2) is 36.7 Å². The zero-order chi connectivity index (χ0) is 21.3. The fraction of sp³-hybridized carbons (Fsp3) is 0.286. The number of carbonyl (C=O) groups is 1. The number of hydrogen-bond donors (Lipinski definition) is 2. The fourth-order valence-electron chi connectivity index (χ4n) is 3.45. The first-order valence-corrected chi connectivity index (χ1v) is 8.95. The number of methoxy groups -OCH3 is 2. The maximum absolute atomic E-state index is 12.8. The normalized spacial score (nSPS) is 10.8. The summed E-state index contributed by atoms with van der Waals surface area (Å²) >= 11 is 0. The van der Waals surface area contributed by atoms with Crippen molar-refractivity contribution < 1.29 is 19.0 Å². The standard InChI is InChI=1S/C21H23N3O5/c1-10-6-13(7-11(2)18(10)29-9-16(22)25)20-23-14-8-15(27-4)19(28-5)12(3)17(14)21(26)24-20/h6-8H,9H2,1-5H3,(H2,22,25)(H,23,24,26). The number of nitrogens with one attached hydrogen (secondary N) is 1. The quantitative estimate of drug-likeness (QED) is 0.660. The van der Waals surface area contributed by atoms with E-state index in [0.717, 1.165) is 16.7 Å². The molecule has 3 rings (SSSR count). The summed E-state index contributed by atoms with van der Waals surface area (Å²) in [6, 6.07) is 5.35. The van der Waals surface area contributed by atoms with Gasteiger partial charge < -0.3 is 24.9 Å². The molecule has 0 fully saturated rings. The molecule has 1 amide bonds. The second-order valence-electron chi connectivity index (χ2n) is 6.74. The Morgan fingerprint density at radius 3 is 2.28 bits per heavy atom. The van der Waals surface area contributed by atoms with Crippen LogP contribution < -0.4 is 25.5 Å². The van der Waals surface area contributed by atoms with Gasteiger partial charge in [-0.1, -0.05) is 0 Å². The van der Waals surface area contributed by atoms with Crippen molar-refractivity contribution in [3.8, 4) is 28.6 Å². The van der Waals surface area contributed by atoms with Crippen molar-refractivity contribution in [1.82, 2.24) is 9.97 Å². The van der Waals surface area contributed by atoms with Crippen LogP contribution in [0.15, 0.2) is 23.0 Å². The molecule has 3 aromatic rings. The molecule has 0 aliphatic rings. The number of H-pyrrole nitrogens is 1. The average Bonchev–Trinajstić information content (AvgIpc) is 2.66. The number of carbonyl (C=O) groups excluding carboxylic acids is 1. The molecule has 2 aromatic carbocycles. The fourth-order valence-corrected chi connectivity index (χ4v) is 3.45. The van der Waals surface area contributed by atoms with Gasteiger partial charge in [0.05, 0.1) is 25.1 Å². The lowest BCUT2D eigenvalue weighted by Gasteiger charge is -2.15. The lowest BCUT2D eigenvalue weighted by molar-refractivity contribution is -0.119. The number of aromatic amines is 1. The molecule has 1 aromatic heterocycles. The van der Waals surface area contributed by atoms with Crippen molar-refractivity contribution in [2.24, 2.45) is 5.73 Å².